The second-order valence-electron chi connectivity index (χ2n) is 13.0. The maximum absolute atomic E-state index is 16.8. The van der Waals surface area contributed by atoms with Crippen molar-refractivity contribution in [3.05, 3.63) is 71.6 Å². The van der Waals surface area contributed by atoms with E-state index in [1.807, 2.05) is 6.07 Å². The van der Waals surface area contributed by atoms with Gasteiger partial charge in [0, 0.05) is 6.54 Å². The molecule has 1 atom stereocenters. The van der Waals surface area contributed by atoms with Gasteiger partial charge in [-0.25, -0.2) is 23.0 Å². The molecule has 0 aromatic heterocycles. The maximum Gasteiger partial charge on any atom is 0.422 e. The number of amides is 2. The van der Waals surface area contributed by atoms with Crippen LogP contribution in [0.5, 0.6) is 5.75 Å². The minimum Gasteiger partial charge on any atom is -0.487 e. The van der Waals surface area contributed by atoms with E-state index in [4.69, 9.17) is 18.9 Å². The third-order valence-electron chi connectivity index (χ3n) is 6.66. The third-order valence-corrected chi connectivity index (χ3v) is 7.98. The number of alkyl carbamates (subject to hydrolysis) is 1. The number of hydrogen-bond donors (Lipinski definition) is 2. The van der Waals surface area contributed by atoms with Gasteiger partial charge in [0.2, 0.25) is 0 Å². The van der Waals surface area contributed by atoms with Crippen LogP contribution in [0.1, 0.15) is 64.7 Å². The Bertz CT molecular complexity index is 1550. The second-order valence-corrected chi connectivity index (χ2v) is 14.6. The Labute approximate surface area is 275 Å². The molecule has 0 saturated carbocycles. The molecule has 3 rings (SSSR count). The van der Waals surface area contributed by atoms with Crippen LogP contribution in [0.3, 0.4) is 0 Å². The molecular formula is C33H44FN3O9S. The number of halogens is 1. The molecule has 0 spiro atoms. The van der Waals surface area contributed by atoms with Crippen molar-refractivity contribution in [3.8, 4) is 5.75 Å². The fourth-order valence-electron chi connectivity index (χ4n) is 4.79. The Balaban J connectivity index is 2.08. The lowest BCUT2D eigenvalue weighted by Gasteiger charge is -2.31. The van der Waals surface area contributed by atoms with Crippen LogP contribution in [0.4, 0.5) is 19.7 Å². The number of carbonyl (C=O) groups excluding carboxylic acids is 3. The van der Waals surface area contributed by atoms with Crippen LogP contribution in [-0.4, -0.2) is 57.5 Å². The maximum atomic E-state index is 16.8. The molecule has 1 aliphatic carbocycles. The van der Waals surface area contributed by atoms with Gasteiger partial charge in [-0.15, -0.1) is 0 Å². The molecule has 1 aliphatic rings. The molecule has 0 fully saturated rings. The number of benzene rings is 2. The van der Waals surface area contributed by atoms with Crippen LogP contribution in [0.25, 0.3) is 0 Å². The molecule has 47 heavy (non-hydrogen) atoms. The summed E-state index contributed by atoms with van der Waals surface area (Å²) in [5, 5.41) is 2.71. The highest BCUT2D eigenvalue weighted by molar-refractivity contribution is 7.91. The van der Waals surface area contributed by atoms with E-state index < -0.39 is 57.6 Å². The van der Waals surface area contributed by atoms with Crippen molar-refractivity contribution in [2.24, 2.45) is 5.92 Å². The zero-order valence-electron chi connectivity index (χ0n) is 27.7. The molecule has 2 N–H and O–H groups in total. The normalized spacial score (nSPS) is 14.7. The summed E-state index contributed by atoms with van der Waals surface area (Å²) in [7, 11) is -4.98. The summed E-state index contributed by atoms with van der Waals surface area (Å²) < 4.78 is 67.9. The van der Waals surface area contributed by atoms with Crippen molar-refractivity contribution >= 4 is 34.1 Å². The van der Waals surface area contributed by atoms with E-state index in [-0.39, 0.29) is 43.4 Å². The topological polar surface area (TPSA) is 150 Å². The summed E-state index contributed by atoms with van der Waals surface area (Å²) in [5.41, 5.74) is -0.801. The fourth-order valence-corrected chi connectivity index (χ4v) is 5.86. The lowest BCUT2D eigenvalue weighted by atomic mass is 9.83. The summed E-state index contributed by atoms with van der Waals surface area (Å²) in [6.45, 7) is 12.2. The molecule has 1 unspecified atom stereocenters. The number of nitrogens with zero attached hydrogens (tertiary/aromatic N) is 1. The number of carbonyl (C=O) groups is 3. The van der Waals surface area contributed by atoms with E-state index in [1.165, 1.54) is 6.08 Å². The Morgan fingerprint density at radius 1 is 1.04 bits per heavy atom. The Morgan fingerprint density at radius 3 is 2.32 bits per heavy atom. The number of rotatable bonds is 12. The highest BCUT2D eigenvalue weighted by Crippen LogP contribution is 2.41. The minimum absolute atomic E-state index is 0.0520. The molecule has 2 aromatic carbocycles. The number of anilines is 1. The number of hydrogen-bond acceptors (Lipinski definition) is 9. The van der Waals surface area contributed by atoms with Crippen molar-refractivity contribution in [1.29, 1.82) is 0 Å². The zero-order valence-corrected chi connectivity index (χ0v) is 28.5. The number of fused-ring (bicyclic) bond motifs is 1. The van der Waals surface area contributed by atoms with E-state index >= 15 is 4.39 Å². The first-order valence-electron chi connectivity index (χ1n) is 15.2. The lowest BCUT2D eigenvalue weighted by Crippen LogP contribution is -2.47. The van der Waals surface area contributed by atoms with Crippen molar-refractivity contribution in [1.82, 2.24) is 10.0 Å². The number of esters is 1. The molecule has 12 nitrogen and oxygen atoms in total. The molecule has 258 valence electrons. The molecule has 0 aliphatic heterocycles. The molecule has 2 aromatic rings. The van der Waals surface area contributed by atoms with Crippen LogP contribution in [0, 0.1) is 11.7 Å². The minimum atomic E-state index is -4.98. The van der Waals surface area contributed by atoms with Crippen LogP contribution >= 0.6 is 0 Å². The number of aryl methyl sites for hydroxylation is 1. The molecule has 0 radical (unpaired) electrons. The molecule has 0 bridgehead atoms. The van der Waals surface area contributed by atoms with Crippen molar-refractivity contribution in [2.75, 3.05) is 24.0 Å². The van der Waals surface area contributed by atoms with Crippen LogP contribution in [-0.2, 0) is 48.7 Å². The van der Waals surface area contributed by atoms with Gasteiger partial charge >= 0.3 is 28.4 Å². The Morgan fingerprint density at radius 2 is 1.70 bits per heavy atom. The smallest absolute Gasteiger partial charge is 0.422 e. The molecule has 14 heteroatoms. The zero-order chi connectivity index (χ0) is 35.0. The average molecular weight is 678 g/mol. The van der Waals surface area contributed by atoms with Gasteiger partial charge in [0.15, 0.2) is 5.82 Å². The summed E-state index contributed by atoms with van der Waals surface area (Å²) in [6, 6.07) is 10.5. The van der Waals surface area contributed by atoms with Gasteiger partial charge in [0.1, 0.15) is 42.4 Å². The Kier molecular flexibility index (Phi) is 12.3. The summed E-state index contributed by atoms with van der Waals surface area (Å²) >= 11 is 0. The molecule has 2 amide bonds. The predicted molar refractivity (Wildman–Crippen MR) is 174 cm³/mol. The largest absolute Gasteiger partial charge is 0.487 e. The quantitative estimate of drug-likeness (QED) is 0.173. The summed E-state index contributed by atoms with van der Waals surface area (Å²) in [4.78, 5) is 37.7. The first-order valence-corrected chi connectivity index (χ1v) is 16.6. The fraction of sp³-hybridized carbons (Fsp3) is 0.485. The van der Waals surface area contributed by atoms with Gasteiger partial charge in [0.25, 0.3) is 0 Å². The van der Waals surface area contributed by atoms with Gasteiger partial charge < -0.3 is 24.3 Å². The summed E-state index contributed by atoms with van der Waals surface area (Å²) in [5.74, 6) is -2.34. The van der Waals surface area contributed by atoms with Gasteiger partial charge in [-0.2, -0.15) is 8.42 Å². The second kappa shape index (κ2) is 15.5. The molecular weight excluding hydrogens is 633 g/mol. The number of nitrogens with one attached hydrogen (secondary N) is 2. The highest BCUT2D eigenvalue weighted by atomic mass is 32.2. The van der Waals surface area contributed by atoms with Crippen molar-refractivity contribution in [2.45, 2.75) is 78.6 Å². The average Bonchev–Trinajstić information content (AvgIpc) is 2.95. The molecule has 0 saturated heterocycles. The SMILES string of the molecule is C=CCOC(=O)NS(=O)(=O)N(CC(=O)OC(C)(C)C)c1c(OCc2ccccc2)cc2c(c1F)CC(CNC(=O)OC(C)(C)C)CC2. The van der Waals surface area contributed by atoms with E-state index in [2.05, 4.69) is 11.9 Å². The first-order chi connectivity index (χ1) is 21.9. The Hall–Kier alpha value is -4.33. The predicted octanol–water partition coefficient (Wildman–Crippen LogP) is 5.34. The van der Waals surface area contributed by atoms with E-state index in [1.54, 1.807) is 76.6 Å². The van der Waals surface area contributed by atoms with Crippen LogP contribution in [0.2, 0.25) is 0 Å². The van der Waals surface area contributed by atoms with Gasteiger partial charge in [-0.1, -0.05) is 43.0 Å². The monoisotopic (exact) mass is 677 g/mol. The number of ether oxygens (including phenoxy) is 4. The lowest BCUT2D eigenvalue weighted by molar-refractivity contribution is -0.152. The third kappa shape index (κ3) is 11.5. The van der Waals surface area contributed by atoms with Crippen molar-refractivity contribution < 1.29 is 46.1 Å². The first kappa shape index (κ1) is 37.1. The van der Waals surface area contributed by atoms with Gasteiger partial charge in [0.05, 0.1) is 0 Å². The standard InChI is InChI=1S/C33H44FN3O9S/c1-8-16-43-31(40)36-47(41,42)37(20-27(38)45-32(2,3)4)29-26(44-21-22-12-10-9-11-13-22)18-24-15-14-23(17-25(24)28(29)34)19-35-30(39)46-33(5,6)7/h8-13,18,23H,1,14-17,19-21H2,2-7H3,(H,35,39)(H,36,40). The highest BCUT2D eigenvalue weighted by Gasteiger charge is 2.37. The van der Waals surface area contributed by atoms with Gasteiger partial charge in [-0.05, 0) is 89.5 Å². The van der Waals surface area contributed by atoms with Crippen LogP contribution < -0.4 is 19.1 Å². The van der Waals surface area contributed by atoms with E-state index in [0.29, 0.717) is 22.7 Å². The van der Waals surface area contributed by atoms with E-state index in [9.17, 15) is 22.8 Å². The molecule has 0 heterocycles. The summed E-state index contributed by atoms with van der Waals surface area (Å²) in [6.07, 6.45) is 0.390. The van der Waals surface area contributed by atoms with Crippen LogP contribution in [0.15, 0.2) is 49.1 Å². The van der Waals surface area contributed by atoms with Crippen molar-refractivity contribution in [3.63, 3.8) is 0 Å². The van der Waals surface area contributed by atoms with Gasteiger partial charge in [-0.3, -0.25) is 4.79 Å². The van der Waals surface area contributed by atoms with E-state index in [0.717, 1.165) is 5.56 Å².